The Hall–Kier alpha value is -1.13. The van der Waals surface area contributed by atoms with Crippen molar-refractivity contribution in [1.82, 2.24) is 9.97 Å². The minimum atomic E-state index is -2.88. The fourth-order valence-corrected chi connectivity index (χ4v) is 0.560. The Labute approximate surface area is 56.3 Å². The standard InChI is InChI=1S/C5H7F2N3/c1-5(6,7)3-2-9-4(8)10-3/h2H,1H3,(H3,8,9,10). The number of nitrogen functional groups attached to an aromatic ring is 1. The number of hydrogen-bond donors (Lipinski definition) is 2. The second-order valence-electron chi connectivity index (χ2n) is 2.07. The van der Waals surface area contributed by atoms with Crippen LogP contribution in [0.2, 0.25) is 0 Å². The van der Waals surface area contributed by atoms with Crippen LogP contribution in [-0.2, 0) is 5.92 Å². The van der Waals surface area contributed by atoms with Crippen molar-refractivity contribution >= 4 is 5.95 Å². The van der Waals surface area contributed by atoms with E-state index in [2.05, 4.69) is 9.97 Å². The molecule has 10 heavy (non-hydrogen) atoms. The molecular weight excluding hydrogens is 140 g/mol. The molecule has 5 heteroatoms. The average Bonchev–Trinajstić information content (AvgIpc) is 2.11. The second kappa shape index (κ2) is 1.93. The molecule has 3 N–H and O–H groups in total. The zero-order valence-electron chi connectivity index (χ0n) is 5.36. The Morgan fingerprint density at radius 3 is 2.50 bits per heavy atom. The summed E-state index contributed by atoms with van der Waals surface area (Å²) in [5.41, 5.74) is 4.82. The van der Waals surface area contributed by atoms with Crippen molar-refractivity contribution in [3.8, 4) is 0 Å². The lowest BCUT2D eigenvalue weighted by Gasteiger charge is -2.04. The summed E-state index contributed by atoms with van der Waals surface area (Å²) >= 11 is 0. The van der Waals surface area contributed by atoms with Crippen LogP contribution in [0, 0.1) is 0 Å². The van der Waals surface area contributed by atoms with E-state index in [-0.39, 0.29) is 11.6 Å². The van der Waals surface area contributed by atoms with Gasteiger partial charge in [-0.3, -0.25) is 0 Å². The summed E-state index contributed by atoms with van der Waals surface area (Å²) in [6, 6.07) is 0. The Kier molecular flexibility index (Phi) is 1.35. The Morgan fingerprint density at radius 2 is 2.30 bits per heavy atom. The van der Waals surface area contributed by atoms with Gasteiger partial charge in [0, 0.05) is 6.92 Å². The molecule has 0 fully saturated rings. The lowest BCUT2D eigenvalue weighted by atomic mass is 10.3. The smallest absolute Gasteiger partial charge is 0.286 e. The maximum Gasteiger partial charge on any atom is 0.286 e. The normalized spacial score (nSPS) is 11.9. The van der Waals surface area contributed by atoms with Crippen LogP contribution in [0.3, 0.4) is 0 Å². The van der Waals surface area contributed by atoms with E-state index in [9.17, 15) is 8.78 Å². The van der Waals surface area contributed by atoms with E-state index < -0.39 is 5.92 Å². The molecule has 0 saturated carbocycles. The molecule has 0 aromatic carbocycles. The molecule has 0 amide bonds. The number of halogens is 2. The number of aromatic nitrogens is 2. The van der Waals surface area contributed by atoms with Gasteiger partial charge in [0.05, 0.1) is 6.20 Å². The van der Waals surface area contributed by atoms with Crippen LogP contribution in [0.1, 0.15) is 12.6 Å². The topological polar surface area (TPSA) is 54.7 Å². The maximum absolute atomic E-state index is 12.3. The first-order valence-corrected chi connectivity index (χ1v) is 2.69. The van der Waals surface area contributed by atoms with E-state index in [1.807, 2.05) is 0 Å². The zero-order valence-corrected chi connectivity index (χ0v) is 5.36. The van der Waals surface area contributed by atoms with Gasteiger partial charge in [-0.15, -0.1) is 0 Å². The number of nitrogens with zero attached hydrogens (tertiary/aromatic N) is 1. The highest BCUT2D eigenvalue weighted by atomic mass is 19.3. The molecule has 0 saturated heterocycles. The summed E-state index contributed by atoms with van der Waals surface area (Å²) in [5.74, 6) is -2.87. The maximum atomic E-state index is 12.3. The van der Waals surface area contributed by atoms with Gasteiger partial charge in [0.25, 0.3) is 5.92 Å². The van der Waals surface area contributed by atoms with Gasteiger partial charge < -0.3 is 10.7 Å². The van der Waals surface area contributed by atoms with Crippen LogP contribution in [-0.4, -0.2) is 9.97 Å². The SMILES string of the molecule is CC(F)(F)c1cnc(N)[nH]1. The number of H-pyrrole nitrogens is 1. The number of nitrogens with two attached hydrogens (primary N) is 1. The first-order valence-electron chi connectivity index (χ1n) is 2.69. The number of imidazole rings is 1. The molecule has 1 aromatic heterocycles. The van der Waals surface area contributed by atoms with Crippen molar-refractivity contribution in [2.45, 2.75) is 12.8 Å². The summed E-state index contributed by atoms with van der Waals surface area (Å²) in [6.45, 7) is 0.778. The first-order chi connectivity index (χ1) is 4.50. The number of anilines is 1. The molecule has 0 bridgehead atoms. The van der Waals surface area contributed by atoms with Crippen LogP contribution in [0.25, 0.3) is 0 Å². The fraction of sp³-hybridized carbons (Fsp3) is 0.400. The summed E-state index contributed by atoms with van der Waals surface area (Å²) < 4.78 is 24.7. The van der Waals surface area contributed by atoms with Crippen molar-refractivity contribution in [1.29, 1.82) is 0 Å². The quantitative estimate of drug-likeness (QED) is 0.625. The molecule has 0 aliphatic carbocycles. The summed E-state index contributed by atoms with van der Waals surface area (Å²) in [6.07, 6.45) is 1.02. The van der Waals surface area contributed by atoms with Gasteiger partial charge in [0.1, 0.15) is 5.69 Å². The van der Waals surface area contributed by atoms with Gasteiger partial charge >= 0.3 is 0 Å². The lowest BCUT2D eigenvalue weighted by molar-refractivity contribution is 0.0133. The molecule has 56 valence electrons. The van der Waals surface area contributed by atoms with Crippen LogP contribution in [0.5, 0.6) is 0 Å². The minimum absolute atomic E-state index is 0.0107. The van der Waals surface area contributed by atoms with E-state index >= 15 is 0 Å². The third-order valence-electron chi connectivity index (χ3n) is 1.07. The monoisotopic (exact) mass is 147 g/mol. The van der Waals surface area contributed by atoms with Crippen molar-refractivity contribution in [2.75, 3.05) is 5.73 Å². The van der Waals surface area contributed by atoms with Crippen LogP contribution in [0.4, 0.5) is 14.7 Å². The predicted molar refractivity (Wildman–Crippen MR) is 32.6 cm³/mol. The molecule has 0 aliphatic rings. The Bertz CT molecular complexity index is 225. The van der Waals surface area contributed by atoms with Crippen molar-refractivity contribution in [3.63, 3.8) is 0 Å². The van der Waals surface area contributed by atoms with Crippen LogP contribution in [0.15, 0.2) is 6.20 Å². The number of alkyl halides is 2. The largest absolute Gasteiger partial charge is 0.369 e. The zero-order chi connectivity index (χ0) is 7.78. The third-order valence-corrected chi connectivity index (χ3v) is 1.07. The molecule has 0 aliphatic heterocycles. The molecule has 3 nitrogen and oxygen atoms in total. The lowest BCUT2D eigenvalue weighted by Crippen LogP contribution is -2.07. The van der Waals surface area contributed by atoms with Gasteiger partial charge in [-0.05, 0) is 0 Å². The highest BCUT2D eigenvalue weighted by Crippen LogP contribution is 2.24. The van der Waals surface area contributed by atoms with E-state index in [1.165, 1.54) is 0 Å². The van der Waals surface area contributed by atoms with Crippen LogP contribution >= 0.6 is 0 Å². The van der Waals surface area contributed by atoms with E-state index in [1.54, 1.807) is 0 Å². The molecule has 0 unspecified atom stereocenters. The van der Waals surface area contributed by atoms with Crippen molar-refractivity contribution in [2.24, 2.45) is 0 Å². The number of nitrogens with one attached hydrogen (secondary N) is 1. The van der Waals surface area contributed by atoms with Crippen molar-refractivity contribution < 1.29 is 8.78 Å². The third kappa shape index (κ3) is 1.23. The summed E-state index contributed by atoms with van der Waals surface area (Å²) in [7, 11) is 0. The van der Waals surface area contributed by atoms with Gasteiger partial charge in [-0.25, -0.2) is 4.98 Å². The predicted octanol–water partition coefficient (Wildman–Crippen LogP) is 1.10. The first kappa shape index (κ1) is 6.98. The van der Waals surface area contributed by atoms with Gasteiger partial charge in [-0.2, -0.15) is 8.78 Å². The molecule has 0 spiro atoms. The van der Waals surface area contributed by atoms with Gasteiger partial charge in [-0.1, -0.05) is 0 Å². The van der Waals surface area contributed by atoms with E-state index in [0.717, 1.165) is 13.1 Å². The van der Waals surface area contributed by atoms with E-state index in [4.69, 9.17) is 5.73 Å². The molecule has 0 atom stereocenters. The fourth-order valence-electron chi connectivity index (χ4n) is 0.560. The Morgan fingerprint density at radius 1 is 1.70 bits per heavy atom. The average molecular weight is 147 g/mol. The highest BCUT2D eigenvalue weighted by Gasteiger charge is 2.26. The molecule has 1 heterocycles. The Balaban J connectivity index is 2.96. The molecule has 0 radical (unpaired) electrons. The van der Waals surface area contributed by atoms with Gasteiger partial charge in [0.2, 0.25) is 0 Å². The van der Waals surface area contributed by atoms with Crippen molar-refractivity contribution in [3.05, 3.63) is 11.9 Å². The molecule has 1 rings (SSSR count). The van der Waals surface area contributed by atoms with Gasteiger partial charge in [0.15, 0.2) is 5.95 Å². The number of rotatable bonds is 1. The van der Waals surface area contributed by atoms with E-state index in [0.29, 0.717) is 0 Å². The highest BCUT2D eigenvalue weighted by molar-refractivity contribution is 5.20. The van der Waals surface area contributed by atoms with Crippen LogP contribution < -0.4 is 5.73 Å². The number of aromatic amines is 1. The second-order valence-corrected chi connectivity index (χ2v) is 2.07. The minimum Gasteiger partial charge on any atom is -0.369 e. The number of hydrogen-bond acceptors (Lipinski definition) is 2. The molecular formula is C5H7F2N3. The molecule has 1 aromatic rings. The summed E-state index contributed by atoms with van der Waals surface area (Å²) in [4.78, 5) is 5.66. The summed E-state index contributed by atoms with van der Waals surface area (Å²) in [5, 5.41) is 0.